The molecule has 1 aliphatic rings. The largest absolute Gasteiger partial charge is 0.435 e. The fourth-order valence-corrected chi connectivity index (χ4v) is 2.72. The monoisotopic (exact) mass is 271 g/mol. The van der Waals surface area contributed by atoms with Gasteiger partial charge in [-0.2, -0.15) is 23.5 Å². The molecular formula is C13H16F3N3. The minimum absolute atomic E-state index is 0.236. The maximum absolute atomic E-state index is 12.5. The standard InChI is InChI=1S/C13H16F3N3/c1-2-9-3-4-10(8-17)11(7-9)19-6-5-12(18-19)13(14,15)16/h5-6,9-11H,2-4,7H2,1H3. The Hall–Kier alpha value is -1.51. The quantitative estimate of drug-likeness (QED) is 0.821. The van der Waals surface area contributed by atoms with Gasteiger partial charge in [-0.3, -0.25) is 4.68 Å². The second kappa shape index (κ2) is 5.24. The highest BCUT2D eigenvalue weighted by Crippen LogP contribution is 2.38. The molecule has 0 aromatic carbocycles. The molecule has 0 spiro atoms. The molecule has 1 fully saturated rings. The molecule has 0 bridgehead atoms. The van der Waals surface area contributed by atoms with Crippen LogP contribution in [0.2, 0.25) is 0 Å². The Bertz CT molecular complexity index is 472. The molecule has 3 atom stereocenters. The number of aromatic nitrogens is 2. The van der Waals surface area contributed by atoms with Gasteiger partial charge in [0.15, 0.2) is 5.69 Å². The van der Waals surface area contributed by atoms with Crippen LogP contribution in [-0.2, 0) is 6.18 Å². The molecule has 0 saturated heterocycles. The van der Waals surface area contributed by atoms with E-state index >= 15 is 0 Å². The molecule has 0 aliphatic heterocycles. The van der Waals surface area contributed by atoms with Gasteiger partial charge in [0.2, 0.25) is 0 Å². The van der Waals surface area contributed by atoms with Gasteiger partial charge in [0, 0.05) is 6.20 Å². The van der Waals surface area contributed by atoms with Crippen molar-refractivity contribution in [1.82, 2.24) is 9.78 Å². The number of halogens is 3. The van der Waals surface area contributed by atoms with Crippen molar-refractivity contribution in [2.24, 2.45) is 11.8 Å². The molecule has 1 aliphatic carbocycles. The molecule has 19 heavy (non-hydrogen) atoms. The van der Waals surface area contributed by atoms with Crippen LogP contribution in [0.15, 0.2) is 12.3 Å². The van der Waals surface area contributed by atoms with Gasteiger partial charge in [0.05, 0.1) is 18.0 Å². The number of nitriles is 1. The molecule has 1 aromatic rings. The summed E-state index contributed by atoms with van der Waals surface area (Å²) in [5, 5.41) is 12.7. The molecule has 0 N–H and O–H groups in total. The minimum Gasteiger partial charge on any atom is -0.268 e. The highest BCUT2D eigenvalue weighted by Gasteiger charge is 2.36. The fourth-order valence-electron chi connectivity index (χ4n) is 2.72. The molecule has 0 radical (unpaired) electrons. The summed E-state index contributed by atoms with van der Waals surface area (Å²) in [6.07, 6.45) is 0.345. The second-order valence-corrected chi connectivity index (χ2v) is 5.07. The van der Waals surface area contributed by atoms with Crippen LogP contribution >= 0.6 is 0 Å². The van der Waals surface area contributed by atoms with E-state index in [1.807, 2.05) is 0 Å². The van der Waals surface area contributed by atoms with Gasteiger partial charge in [-0.05, 0) is 31.2 Å². The zero-order valence-corrected chi connectivity index (χ0v) is 10.7. The average molecular weight is 271 g/mol. The molecule has 1 heterocycles. The van der Waals surface area contributed by atoms with E-state index < -0.39 is 11.9 Å². The van der Waals surface area contributed by atoms with E-state index in [-0.39, 0.29) is 12.0 Å². The van der Waals surface area contributed by atoms with Gasteiger partial charge in [0.1, 0.15) is 0 Å². The van der Waals surface area contributed by atoms with Crippen molar-refractivity contribution in [3.63, 3.8) is 0 Å². The lowest BCUT2D eigenvalue weighted by Gasteiger charge is -2.32. The van der Waals surface area contributed by atoms with E-state index in [0.717, 1.165) is 31.7 Å². The summed E-state index contributed by atoms with van der Waals surface area (Å²) in [6.45, 7) is 2.07. The fraction of sp³-hybridized carbons (Fsp3) is 0.692. The molecule has 3 nitrogen and oxygen atoms in total. The Morgan fingerprint density at radius 2 is 2.21 bits per heavy atom. The van der Waals surface area contributed by atoms with Crippen molar-refractivity contribution < 1.29 is 13.2 Å². The lowest BCUT2D eigenvalue weighted by atomic mass is 9.78. The normalized spacial score (nSPS) is 28.1. The maximum Gasteiger partial charge on any atom is 0.435 e. The Morgan fingerprint density at radius 1 is 1.47 bits per heavy atom. The second-order valence-electron chi connectivity index (χ2n) is 5.07. The number of alkyl halides is 3. The first-order valence-electron chi connectivity index (χ1n) is 6.47. The van der Waals surface area contributed by atoms with Crippen LogP contribution in [0.4, 0.5) is 13.2 Å². The van der Waals surface area contributed by atoms with Crippen molar-refractivity contribution >= 4 is 0 Å². The first-order valence-corrected chi connectivity index (χ1v) is 6.47. The molecule has 2 rings (SSSR count). The predicted molar refractivity (Wildman–Crippen MR) is 63.0 cm³/mol. The molecular weight excluding hydrogens is 255 g/mol. The van der Waals surface area contributed by atoms with Crippen LogP contribution in [0.3, 0.4) is 0 Å². The molecule has 1 saturated carbocycles. The number of hydrogen-bond acceptors (Lipinski definition) is 2. The van der Waals surface area contributed by atoms with Crippen LogP contribution in [-0.4, -0.2) is 9.78 Å². The Morgan fingerprint density at radius 3 is 2.74 bits per heavy atom. The molecule has 104 valence electrons. The summed E-state index contributed by atoms with van der Waals surface area (Å²) in [7, 11) is 0. The molecule has 6 heteroatoms. The topological polar surface area (TPSA) is 41.6 Å². The summed E-state index contributed by atoms with van der Waals surface area (Å²) in [5.41, 5.74) is -0.886. The third-order valence-electron chi connectivity index (χ3n) is 3.91. The third kappa shape index (κ3) is 2.91. The Balaban J connectivity index is 2.22. The number of rotatable bonds is 2. The molecule has 3 unspecified atom stereocenters. The summed E-state index contributed by atoms with van der Waals surface area (Å²) >= 11 is 0. The van der Waals surface area contributed by atoms with Gasteiger partial charge < -0.3 is 0 Å². The first kappa shape index (κ1) is 13.9. The Kier molecular flexibility index (Phi) is 3.83. The van der Waals surface area contributed by atoms with Gasteiger partial charge in [-0.25, -0.2) is 0 Å². The number of nitrogens with zero attached hydrogens (tertiary/aromatic N) is 3. The zero-order chi connectivity index (χ0) is 14.0. The van der Waals surface area contributed by atoms with Crippen LogP contribution in [0.5, 0.6) is 0 Å². The third-order valence-corrected chi connectivity index (χ3v) is 3.91. The summed E-state index contributed by atoms with van der Waals surface area (Å²) in [5.74, 6) is 0.219. The Labute approximate surface area is 110 Å². The lowest BCUT2D eigenvalue weighted by Crippen LogP contribution is -2.27. The highest BCUT2D eigenvalue weighted by atomic mass is 19.4. The van der Waals surface area contributed by atoms with Gasteiger partial charge in [0.25, 0.3) is 0 Å². The predicted octanol–water partition coefficient (Wildman–Crippen LogP) is 3.79. The van der Waals surface area contributed by atoms with Gasteiger partial charge in [-0.15, -0.1) is 0 Å². The van der Waals surface area contributed by atoms with E-state index in [0.29, 0.717) is 5.92 Å². The summed E-state index contributed by atoms with van der Waals surface area (Å²) in [6, 6.07) is 2.94. The van der Waals surface area contributed by atoms with Crippen molar-refractivity contribution in [3.8, 4) is 6.07 Å². The van der Waals surface area contributed by atoms with Gasteiger partial charge >= 0.3 is 6.18 Å². The number of hydrogen-bond donors (Lipinski definition) is 0. The van der Waals surface area contributed by atoms with Crippen LogP contribution in [0.25, 0.3) is 0 Å². The molecule has 0 amide bonds. The maximum atomic E-state index is 12.5. The van der Waals surface area contributed by atoms with Crippen molar-refractivity contribution in [2.45, 2.75) is 44.8 Å². The lowest BCUT2D eigenvalue weighted by molar-refractivity contribution is -0.141. The van der Waals surface area contributed by atoms with E-state index in [1.165, 1.54) is 10.9 Å². The van der Waals surface area contributed by atoms with Crippen LogP contribution in [0, 0.1) is 23.2 Å². The molecule has 1 aromatic heterocycles. The first-order chi connectivity index (χ1) is 8.95. The van der Waals surface area contributed by atoms with E-state index in [9.17, 15) is 13.2 Å². The SMILES string of the molecule is CCC1CCC(C#N)C(n2ccc(C(F)(F)F)n2)C1. The van der Waals surface area contributed by atoms with Crippen molar-refractivity contribution in [2.75, 3.05) is 0 Å². The smallest absolute Gasteiger partial charge is 0.268 e. The summed E-state index contributed by atoms with van der Waals surface area (Å²) < 4.78 is 39.0. The minimum atomic E-state index is -4.42. The average Bonchev–Trinajstić information content (AvgIpc) is 2.87. The highest BCUT2D eigenvalue weighted by molar-refractivity contribution is 5.06. The zero-order valence-electron chi connectivity index (χ0n) is 10.7. The van der Waals surface area contributed by atoms with Crippen LogP contribution in [0.1, 0.15) is 44.3 Å². The van der Waals surface area contributed by atoms with E-state index in [2.05, 4.69) is 18.1 Å². The van der Waals surface area contributed by atoms with E-state index in [1.54, 1.807) is 0 Å². The van der Waals surface area contributed by atoms with Gasteiger partial charge in [-0.1, -0.05) is 13.3 Å². The summed E-state index contributed by atoms with van der Waals surface area (Å²) in [4.78, 5) is 0. The van der Waals surface area contributed by atoms with Crippen molar-refractivity contribution in [3.05, 3.63) is 18.0 Å². The van der Waals surface area contributed by atoms with E-state index in [4.69, 9.17) is 5.26 Å². The van der Waals surface area contributed by atoms with Crippen molar-refractivity contribution in [1.29, 1.82) is 5.26 Å². The van der Waals surface area contributed by atoms with Crippen LogP contribution < -0.4 is 0 Å².